The van der Waals surface area contributed by atoms with Crippen molar-refractivity contribution < 1.29 is 19.2 Å². The van der Waals surface area contributed by atoms with Gasteiger partial charge in [0.25, 0.3) is 0 Å². The third kappa shape index (κ3) is 2.86. The number of hydrogen-bond acceptors (Lipinski definition) is 5. The molecule has 0 amide bonds. The Morgan fingerprint density at radius 3 is 2.89 bits per heavy atom. The predicted octanol–water partition coefficient (Wildman–Crippen LogP) is 2.42. The summed E-state index contributed by atoms with van der Waals surface area (Å²) in [5.41, 5.74) is 0.185. The van der Waals surface area contributed by atoms with E-state index in [1.165, 1.54) is 12.1 Å². The SMILES string of the molecule is Cc1nc(COc2ccc(C(=O)O)cc2Br)no1. The molecule has 6 nitrogen and oxygen atoms in total. The van der Waals surface area contributed by atoms with E-state index in [-0.39, 0.29) is 12.2 Å². The molecule has 0 aliphatic carbocycles. The van der Waals surface area contributed by atoms with E-state index in [0.717, 1.165) is 0 Å². The van der Waals surface area contributed by atoms with Crippen LogP contribution in [0.1, 0.15) is 22.1 Å². The summed E-state index contributed by atoms with van der Waals surface area (Å²) in [6, 6.07) is 4.50. The number of ether oxygens (including phenoxy) is 1. The Labute approximate surface area is 111 Å². The molecule has 1 aromatic carbocycles. The van der Waals surface area contributed by atoms with Crippen molar-refractivity contribution in [2.24, 2.45) is 0 Å². The summed E-state index contributed by atoms with van der Waals surface area (Å²) in [6.45, 7) is 1.84. The Balaban J connectivity index is 2.08. The first-order valence-electron chi connectivity index (χ1n) is 5.01. The molecule has 1 heterocycles. The van der Waals surface area contributed by atoms with Crippen LogP contribution in [0.15, 0.2) is 27.2 Å². The summed E-state index contributed by atoms with van der Waals surface area (Å²) in [4.78, 5) is 14.7. The summed E-state index contributed by atoms with van der Waals surface area (Å²) in [5.74, 6) is 0.425. The summed E-state index contributed by atoms with van der Waals surface area (Å²) < 4.78 is 10.8. The number of carboxylic acids is 1. The lowest BCUT2D eigenvalue weighted by molar-refractivity contribution is 0.0696. The molecule has 0 fully saturated rings. The van der Waals surface area contributed by atoms with E-state index in [1.807, 2.05) is 0 Å². The fourth-order valence-corrected chi connectivity index (χ4v) is 1.79. The number of halogens is 1. The lowest BCUT2D eigenvalue weighted by atomic mass is 10.2. The van der Waals surface area contributed by atoms with Crippen molar-refractivity contribution in [2.75, 3.05) is 0 Å². The number of benzene rings is 1. The molecule has 18 heavy (non-hydrogen) atoms. The standard InChI is InChI=1S/C11H9BrN2O4/c1-6-13-10(14-18-6)5-17-9-3-2-7(11(15)16)4-8(9)12/h2-4H,5H2,1H3,(H,15,16). The number of aromatic nitrogens is 2. The molecule has 0 saturated heterocycles. The van der Waals surface area contributed by atoms with E-state index in [2.05, 4.69) is 26.1 Å². The largest absolute Gasteiger partial charge is 0.484 e. The molecule has 0 bridgehead atoms. The van der Waals surface area contributed by atoms with Crippen molar-refractivity contribution in [1.82, 2.24) is 10.1 Å². The van der Waals surface area contributed by atoms with E-state index in [9.17, 15) is 4.79 Å². The Morgan fingerprint density at radius 1 is 1.56 bits per heavy atom. The third-order valence-electron chi connectivity index (χ3n) is 2.11. The molecule has 2 aromatic rings. The van der Waals surface area contributed by atoms with Gasteiger partial charge in [0.05, 0.1) is 10.0 Å². The number of hydrogen-bond donors (Lipinski definition) is 1. The molecule has 7 heteroatoms. The zero-order valence-electron chi connectivity index (χ0n) is 9.38. The predicted molar refractivity (Wildman–Crippen MR) is 64.5 cm³/mol. The van der Waals surface area contributed by atoms with Gasteiger partial charge in [0.2, 0.25) is 11.7 Å². The highest BCUT2D eigenvalue weighted by Gasteiger charge is 2.09. The van der Waals surface area contributed by atoms with E-state index < -0.39 is 5.97 Å². The topological polar surface area (TPSA) is 85.5 Å². The van der Waals surface area contributed by atoms with Gasteiger partial charge in [0, 0.05) is 6.92 Å². The van der Waals surface area contributed by atoms with Gasteiger partial charge < -0.3 is 14.4 Å². The van der Waals surface area contributed by atoms with Crippen LogP contribution in [0.4, 0.5) is 0 Å². The van der Waals surface area contributed by atoms with Gasteiger partial charge in [-0.2, -0.15) is 4.98 Å². The number of carbonyl (C=O) groups is 1. The van der Waals surface area contributed by atoms with Crippen molar-refractivity contribution in [3.05, 3.63) is 40.0 Å². The Hall–Kier alpha value is -1.89. The average Bonchev–Trinajstić information content (AvgIpc) is 2.73. The van der Waals surface area contributed by atoms with Crippen LogP contribution < -0.4 is 4.74 Å². The molecule has 0 atom stereocenters. The molecular formula is C11H9BrN2O4. The monoisotopic (exact) mass is 312 g/mol. The normalized spacial score (nSPS) is 10.3. The van der Waals surface area contributed by atoms with Gasteiger partial charge >= 0.3 is 5.97 Å². The molecule has 1 N–H and O–H groups in total. The minimum Gasteiger partial charge on any atom is -0.484 e. The molecule has 0 spiro atoms. The van der Waals surface area contributed by atoms with Crippen LogP contribution in [0, 0.1) is 6.92 Å². The van der Waals surface area contributed by atoms with Gasteiger partial charge in [0.15, 0.2) is 6.61 Å². The zero-order chi connectivity index (χ0) is 13.1. The Morgan fingerprint density at radius 2 is 2.33 bits per heavy atom. The smallest absolute Gasteiger partial charge is 0.335 e. The zero-order valence-corrected chi connectivity index (χ0v) is 11.0. The second-order valence-electron chi connectivity index (χ2n) is 3.47. The highest BCUT2D eigenvalue weighted by atomic mass is 79.9. The number of carboxylic acid groups (broad SMARTS) is 1. The van der Waals surface area contributed by atoms with Gasteiger partial charge in [-0.25, -0.2) is 4.79 Å². The van der Waals surface area contributed by atoms with Crippen molar-refractivity contribution in [3.8, 4) is 5.75 Å². The van der Waals surface area contributed by atoms with Gasteiger partial charge in [-0.1, -0.05) is 5.16 Å². The number of nitrogens with zero attached hydrogens (tertiary/aromatic N) is 2. The lowest BCUT2D eigenvalue weighted by Gasteiger charge is -2.06. The molecule has 1 aromatic heterocycles. The first-order valence-corrected chi connectivity index (χ1v) is 5.80. The van der Waals surface area contributed by atoms with Crippen molar-refractivity contribution in [1.29, 1.82) is 0 Å². The molecular weight excluding hydrogens is 304 g/mol. The second-order valence-corrected chi connectivity index (χ2v) is 4.32. The minimum absolute atomic E-state index is 0.155. The summed E-state index contributed by atoms with van der Waals surface area (Å²) in [5, 5.41) is 12.5. The van der Waals surface area contributed by atoms with Gasteiger partial charge in [-0.15, -0.1) is 0 Å². The Bertz CT molecular complexity index is 582. The highest BCUT2D eigenvalue weighted by molar-refractivity contribution is 9.10. The third-order valence-corrected chi connectivity index (χ3v) is 2.72. The van der Waals surface area contributed by atoms with E-state index in [0.29, 0.717) is 21.9 Å². The molecule has 0 unspecified atom stereocenters. The number of aromatic carboxylic acids is 1. The lowest BCUT2D eigenvalue weighted by Crippen LogP contribution is -2.00. The van der Waals surface area contributed by atoms with Crippen LogP contribution in [-0.4, -0.2) is 21.2 Å². The number of rotatable bonds is 4. The van der Waals surface area contributed by atoms with Crippen LogP contribution >= 0.6 is 15.9 Å². The van der Waals surface area contributed by atoms with E-state index in [4.69, 9.17) is 14.4 Å². The maximum Gasteiger partial charge on any atom is 0.335 e. The van der Waals surface area contributed by atoms with Crippen LogP contribution in [-0.2, 0) is 6.61 Å². The van der Waals surface area contributed by atoms with Crippen molar-refractivity contribution in [2.45, 2.75) is 13.5 Å². The van der Waals surface area contributed by atoms with E-state index >= 15 is 0 Å². The fourth-order valence-electron chi connectivity index (χ4n) is 1.29. The van der Waals surface area contributed by atoms with Crippen LogP contribution in [0.5, 0.6) is 5.75 Å². The molecule has 0 saturated carbocycles. The first-order chi connectivity index (χ1) is 8.56. The minimum atomic E-state index is -0.990. The van der Waals surface area contributed by atoms with Crippen molar-refractivity contribution in [3.63, 3.8) is 0 Å². The first kappa shape index (κ1) is 12.6. The quantitative estimate of drug-likeness (QED) is 0.933. The van der Waals surface area contributed by atoms with Crippen LogP contribution in [0.2, 0.25) is 0 Å². The van der Waals surface area contributed by atoms with Crippen molar-refractivity contribution >= 4 is 21.9 Å². The maximum absolute atomic E-state index is 10.8. The molecule has 0 aliphatic rings. The molecule has 2 rings (SSSR count). The van der Waals surface area contributed by atoms with Gasteiger partial charge in [-0.3, -0.25) is 0 Å². The Kier molecular flexibility index (Phi) is 3.61. The van der Waals surface area contributed by atoms with Gasteiger partial charge in [-0.05, 0) is 34.1 Å². The number of aryl methyl sites for hydroxylation is 1. The van der Waals surface area contributed by atoms with E-state index in [1.54, 1.807) is 13.0 Å². The highest BCUT2D eigenvalue weighted by Crippen LogP contribution is 2.26. The van der Waals surface area contributed by atoms with Gasteiger partial charge in [0.1, 0.15) is 5.75 Å². The molecule has 0 radical (unpaired) electrons. The molecule has 94 valence electrons. The summed E-state index contributed by atoms with van der Waals surface area (Å²) in [6.07, 6.45) is 0. The van der Waals surface area contributed by atoms with Crippen LogP contribution in [0.25, 0.3) is 0 Å². The maximum atomic E-state index is 10.8. The average molecular weight is 313 g/mol. The summed E-state index contributed by atoms with van der Waals surface area (Å²) >= 11 is 3.24. The summed E-state index contributed by atoms with van der Waals surface area (Å²) in [7, 11) is 0. The second kappa shape index (κ2) is 5.18. The fraction of sp³-hybridized carbons (Fsp3) is 0.182. The molecule has 0 aliphatic heterocycles. The van der Waals surface area contributed by atoms with Crippen LogP contribution in [0.3, 0.4) is 0 Å².